The first-order valence-corrected chi connectivity index (χ1v) is 6.19. The molecule has 0 bridgehead atoms. The molecule has 7 atom stereocenters. The van der Waals surface area contributed by atoms with Crippen molar-refractivity contribution in [1.29, 1.82) is 0 Å². The zero-order valence-electron chi connectivity index (χ0n) is 10.9. The molecule has 0 aliphatic carbocycles. The van der Waals surface area contributed by atoms with E-state index in [1.807, 2.05) is 0 Å². The summed E-state index contributed by atoms with van der Waals surface area (Å²) in [6.07, 6.45) is -7.16. The second-order valence-electron chi connectivity index (χ2n) is 5.08. The third-order valence-electron chi connectivity index (χ3n) is 4.13. The van der Waals surface area contributed by atoms with Crippen LogP contribution in [0.25, 0.3) is 0 Å². The van der Waals surface area contributed by atoms with Crippen molar-refractivity contribution in [3.63, 3.8) is 0 Å². The summed E-state index contributed by atoms with van der Waals surface area (Å²) < 4.78 is 15.0. The first kappa shape index (κ1) is 16.0. The van der Waals surface area contributed by atoms with E-state index in [-0.39, 0.29) is 0 Å². The van der Waals surface area contributed by atoms with Gasteiger partial charge in [-0.3, -0.25) is 0 Å². The van der Waals surface area contributed by atoms with Gasteiger partial charge in [-0.25, -0.2) is 0 Å². The zero-order valence-corrected chi connectivity index (χ0v) is 10.9. The summed E-state index contributed by atoms with van der Waals surface area (Å²) >= 11 is 0. The summed E-state index contributed by atoms with van der Waals surface area (Å²) in [7, 11) is 1.22. The summed E-state index contributed by atoms with van der Waals surface area (Å²) in [5.41, 5.74) is -4.73. The van der Waals surface area contributed by atoms with Crippen molar-refractivity contribution >= 4 is 0 Å². The molecule has 0 amide bonds. The fourth-order valence-corrected chi connectivity index (χ4v) is 2.86. The molecule has 2 aliphatic heterocycles. The number of aliphatic hydroxyl groups is 6. The number of methoxy groups -OCH3 is 1. The van der Waals surface area contributed by atoms with Gasteiger partial charge in [0, 0.05) is 7.11 Å². The molecule has 0 unspecified atom stereocenters. The van der Waals surface area contributed by atoms with Gasteiger partial charge in [0.25, 0.3) is 0 Å². The Labute approximate surface area is 114 Å². The molecule has 9 nitrogen and oxygen atoms in total. The molecule has 118 valence electrons. The molecular weight excluding hydrogens is 276 g/mol. The highest BCUT2D eigenvalue weighted by Gasteiger charge is 2.71. The maximum atomic E-state index is 10.7. The van der Waals surface area contributed by atoms with Crippen molar-refractivity contribution in [2.24, 2.45) is 0 Å². The lowest BCUT2D eigenvalue weighted by molar-refractivity contribution is -0.236. The van der Waals surface area contributed by atoms with Crippen molar-refractivity contribution in [2.45, 2.75) is 41.9 Å². The maximum Gasteiger partial charge on any atom is 0.186 e. The molecule has 2 saturated heterocycles. The summed E-state index contributed by atoms with van der Waals surface area (Å²) in [6, 6.07) is 0. The van der Waals surface area contributed by atoms with Gasteiger partial charge in [0.1, 0.15) is 24.4 Å². The van der Waals surface area contributed by atoms with Crippen LogP contribution >= 0.6 is 0 Å². The third-order valence-corrected chi connectivity index (χ3v) is 4.13. The van der Waals surface area contributed by atoms with Crippen molar-refractivity contribution in [3.05, 3.63) is 0 Å². The van der Waals surface area contributed by atoms with Gasteiger partial charge in [-0.1, -0.05) is 0 Å². The number of ether oxygens (including phenoxy) is 3. The molecule has 20 heavy (non-hydrogen) atoms. The van der Waals surface area contributed by atoms with Crippen molar-refractivity contribution in [2.75, 3.05) is 26.9 Å². The van der Waals surface area contributed by atoms with Crippen LogP contribution in [0.15, 0.2) is 0 Å². The Hall–Kier alpha value is -0.360. The van der Waals surface area contributed by atoms with Crippen LogP contribution in [0, 0.1) is 0 Å². The molecule has 2 heterocycles. The number of hydrogen-bond acceptors (Lipinski definition) is 9. The normalized spacial score (nSPS) is 52.6. The largest absolute Gasteiger partial charge is 0.394 e. The quantitative estimate of drug-likeness (QED) is 0.304. The number of aliphatic hydroxyl groups excluding tert-OH is 4. The third kappa shape index (κ3) is 1.90. The van der Waals surface area contributed by atoms with E-state index in [4.69, 9.17) is 19.3 Å². The van der Waals surface area contributed by atoms with Gasteiger partial charge >= 0.3 is 0 Å². The molecule has 0 spiro atoms. The second-order valence-corrected chi connectivity index (χ2v) is 5.08. The molecule has 0 aromatic rings. The van der Waals surface area contributed by atoms with Crippen LogP contribution in [0.4, 0.5) is 0 Å². The smallest absolute Gasteiger partial charge is 0.186 e. The SMILES string of the molecule is CO[C@H]1O[C@H](CO)[C@](O)([C@]2(O)CO[C@H](CO)[C@H]2O)[C@@H]1O. The molecular formula is C11H20O9. The highest BCUT2D eigenvalue weighted by atomic mass is 16.7. The molecule has 0 aromatic carbocycles. The maximum absolute atomic E-state index is 10.7. The highest BCUT2D eigenvalue weighted by Crippen LogP contribution is 2.44. The topological polar surface area (TPSA) is 149 Å². The lowest BCUT2D eigenvalue weighted by Crippen LogP contribution is -2.71. The van der Waals surface area contributed by atoms with E-state index in [0.29, 0.717) is 0 Å². The van der Waals surface area contributed by atoms with E-state index in [1.165, 1.54) is 7.11 Å². The summed E-state index contributed by atoms with van der Waals surface area (Å²) in [5.74, 6) is 0. The first-order chi connectivity index (χ1) is 9.36. The molecule has 0 saturated carbocycles. The van der Waals surface area contributed by atoms with Crippen LogP contribution < -0.4 is 0 Å². The van der Waals surface area contributed by atoms with Crippen LogP contribution in [0.1, 0.15) is 0 Å². The van der Waals surface area contributed by atoms with Gasteiger partial charge in [0.2, 0.25) is 0 Å². The van der Waals surface area contributed by atoms with E-state index >= 15 is 0 Å². The minimum atomic E-state index is -2.41. The van der Waals surface area contributed by atoms with Gasteiger partial charge in [-0.2, -0.15) is 0 Å². The van der Waals surface area contributed by atoms with Crippen molar-refractivity contribution in [3.8, 4) is 0 Å². The van der Waals surface area contributed by atoms with Crippen LogP contribution in [0.3, 0.4) is 0 Å². The molecule has 6 N–H and O–H groups in total. The average Bonchev–Trinajstić information content (AvgIpc) is 2.89. The van der Waals surface area contributed by atoms with E-state index < -0.39 is 61.7 Å². The van der Waals surface area contributed by atoms with Gasteiger partial charge in [-0.05, 0) is 0 Å². The fraction of sp³-hybridized carbons (Fsp3) is 1.00. The summed E-state index contributed by atoms with van der Waals surface area (Å²) in [6.45, 7) is -1.83. The lowest BCUT2D eigenvalue weighted by Gasteiger charge is -2.43. The lowest BCUT2D eigenvalue weighted by atomic mass is 9.73. The van der Waals surface area contributed by atoms with Gasteiger partial charge in [-0.15, -0.1) is 0 Å². The minimum absolute atomic E-state index is 0.538. The predicted molar refractivity (Wildman–Crippen MR) is 61.5 cm³/mol. The molecule has 0 aromatic heterocycles. The van der Waals surface area contributed by atoms with Crippen molar-refractivity contribution < 1.29 is 44.8 Å². The number of rotatable bonds is 4. The Morgan fingerprint density at radius 1 is 1.15 bits per heavy atom. The molecule has 0 radical (unpaired) electrons. The van der Waals surface area contributed by atoms with Crippen LogP contribution in [-0.2, 0) is 14.2 Å². The van der Waals surface area contributed by atoms with Crippen LogP contribution in [0.2, 0.25) is 0 Å². The van der Waals surface area contributed by atoms with Gasteiger partial charge < -0.3 is 44.8 Å². The first-order valence-electron chi connectivity index (χ1n) is 6.19. The molecule has 2 rings (SSSR count). The zero-order chi connectivity index (χ0) is 15.1. The molecule has 9 heteroatoms. The van der Waals surface area contributed by atoms with E-state index in [1.54, 1.807) is 0 Å². The molecule has 2 aliphatic rings. The highest BCUT2D eigenvalue weighted by molar-refractivity contribution is 5.19. The van der Waals surface area contributed by atoms with E-state index in [2.05, 4.69) is 0 Å². The Bertz CT molecular complexity index is 349. The predicted octanol–water partition coefficient (Wildman–Crippen LogP) is -4.07. The molecule has 2 fully saturated rings. The van der Waals surface area contributed by atoms with Gasteiger partial charge in [0.05, 0.1) is 19.8 Å². The Kier molecular flexibility index (Phi) is 4.36. The minimum Gasteiger partial charge on any atom is -0.394 e. The monoisotopic (exact) mass is 296 g/mol. The standard InChI is InChI=1S/C11H20O9/c1-18-9-8(15)11(17,6(3-13)20-9)10(16)4-19-5(2-12)7(10)14/h5-9,12-17H,2-4H2,1H3/t5-,6-,7-,8-,9+,10+,11-/m1/s1. The number of hydrogen-bond donors (Lipinski definition) is 6. The van der Waals surface area contributed by atoms with Crippen LogP contribution in [-0.4, -0.2) is 99.5 Å². The van der Waals surface area contributed by atoms with E-state index in [9.17, 15) is 25.5 Å². The van der Waals surface area contributed by atoms with Crippen LogP contribution in [0.5, 0.6) is 0 Å². The average molecular weight is 296 g/mol. The summed E-state index contributed by atoms with van der Waals surface area (Å²) in [4.78, 5) is 0. The van der Waals surface area contributed by atoms with E-state index in [0.717, 1.165) is 0 Å². The Morgan fingerprint density at radius 2 is 1.80 bits per heavy atom. The summed E-state index contributed by atoms with van der Waals surface area (Å²) in [5, 5.41) is 59.7. The second kappa shape index (κ2) is 5.44. The fourth-order valence-electron chi connectivity index (χ4n) is 2.86. The van der Waals surface area contributed by atoms with Crippen molar-refractivity contribution in [1.82, 2.24) is 0 Å². The Balaban J connectivity index is 2.37. The van der Waals surface area contributed by atoms with Gasteiger partial charge in [0.15, 0.2) is 17.5 Å². The Morgan fingerprint density at radius 3 is 2.25 bits per heavy atom.